The Bertz CT molecular complexity index is 837. The van der Waals surface area contributed by atoms with Crippen molar-refractivity contribution in [1.29, 1.82) is 0 Å². The first-order valence-corrected chi connectivity index (χ1v) is 8.42. The largest absolute Gasteiger partial charge is 0.0915 e. The molecule has 0 aliphatic carbocycles. The van der Waals surface area contributed by atoms with Crippen LogP contribution in [0.1, 0.15) is 45.7 Å². The van der Waals surface area contributed by atoms with E-state index < -0.39 is 0 Å². The lowest BCUT2D eigenvalue weighted by atomic mass is 10.0. The van der Waals surface area contributed by atoms with E-state index in [0.29, 0.717) is 0 Å². The standard InChI is InChI=1S/C24H30/c1-9-17(3)19(5)11-13-23-15-16-24(22(8)21(23)7)14-12-20(6)18(4)10-2/h9-16H,5,8H2,1-4,6-7H3/b13-11-,17-9+,18-10+,20-12+,24-14-. The zero-order valence-corrected chi connectivity index (χ0v) is 16.0. The van der Waals surface area contributed by atoms with Crippen molar-refractivity contribution in [3.8, 4) is 0 Å². The summed E-state index contributed by atoms with van der Waals surface area (Å²) in [5, 5.41) is 2.24. The van der Waals surface area contributed by atoms with Gasteiger partial charge >= 0.3 is 0 Å². The monoisotopic (exact) mass is 318 g/mol. The van der Waals surface area contributed by atoms with Crippen LogP contribution in [0.15, 0.2) is 65.3 Å². The molecule has 0 aliphatic heterocycles. The third-order valence-corrected chi connectivity index (χ3v) is 4.65. The molecular formula is C24H30. The van der Waals surface area contributed by atoms with E-state index >= 15 is 0 Å². The number of hydrogen-bond acceptors (Lipinski definition) is 0. The van der Waals surface area contributed by atoms with Crippen LogP contribution in [0.25, 0.3) is 18.7 Å². The van der Waals surface area contributed by atoms with Gasteiger partial charge in [-0.25, -0.2) is 0 Å². The van der Waals surface area contributed by atoms with Crippen LogP contribution >= 0.6 is 0 Å². The van der Waals surface area contributed by atoms with Crippen LogP contribution in [-0.4, -0.2) is 0 Å². The fraction of sp³-hybridized carbons (Fsp3) is 0.250. The van der Waals surface area contributed by atoms with E-state index in [0.717, 1.165) is 16.0 Å². The normalized spacial score (nSPS) is 14.6. The summed E-state index contributed by atoms with van der Waals surface area (Å²) in [6, 6.07) is 4.28. The van der Waals surface area contributed by atoms with Gasteiger partial charge < -0.3 is 0 Å². The van der Waals surface area contributed by atoms with Gasteiger partial charge in [-0.3, -0.25) is 0 Å². The molecule has 1 aromatic carbocycles. The molecule has 126 valence electrons. The molecule has 0 heterocycles. The van der Waals surface area contributed by atoms with Gasteiger partial charge in [0.1, 0.15) is 0 Å². The molecule has 0 aliphatic rings. The summed E-state index contributed by atoms with van der Waals surface area (Å²) in [6.45, 7) is 20.9. The fourth-order valence-electron chi connectivity index (χ4n) is 2.21. The van der Waals surface area contributed by atoms with Crippen molar-refractivity contribution in [2.45, 2.75) is 41.5 Å². The van der Waals surface area contributed by atoms with E-state index in [9.17, 15) is 0 Å². The average molecular weight is 319 g/mol. The maximum atomic E-state index is 4.26. The average Bonchev–Trinajstić information content (AvgIpc) is 2.59. The molecule has 0 radical (unpaired) electrons. The molecule has 0 unspecified atom stereocenters. The number of allylic oxidation sites excluding steroid dienone is 8. The Kier molecular flexibility index (Phi) is 7.45. The van der Waals surface area contributed by atoms with Crippen LogP contribution in [0.3, 0.4) is 0 Å². The molecule has 0 nitrogen and oxygen atoms in total. The maximum Gasteiger partial charge on any atom is -0.0187 e. The van der Waals surface area contributed by atoms with Gasteiger partial charge in [-0.15, -0.1) is 0 Å². The quantitative estimate of drug-likeness (QED) is 0.617. The van der Waals surface area contributed by atoms with Gasteiger partial charge in [0.2, 0.25) is 0 Å². The van der Waals surface area contributed by atoms with Gasteiger partial charge in [-0.05, 0) is 79.8 Å². The Hall–Kier alpha value is -2.34. The van der Waals surface area contributed by atoms with Crippen LogP contribution in [0.4, 0.5) is 0 Å². The zero-order valence-electron chi connectivity index (χ0n) is 16.0. The van der Waals surface area contributed by atoms with Crippen molar-refractivity contribution in [3.05, 3.63) is 86.9 Å². The van der Waals surface area contributed by atoms with Crippen LogP contribution in [0, 0.1) is 6.92 Å². The number of hydrogen-bond donors (Lipinski definition) is 0. The highest BCUT2D eigenvalue weighted by atomic mass is 14.0. The van der Waals surface area contributed by atoms with Crippen LogP contribution in [0.5, 0.6) is 0 Å². The molecule has 0 saturated heterocycles. The number of rotatable bonds is 5. The second-order valence-corrected chi connectivity index (χ2v) is 6.17. The summed E-state index contributed by atoms with van der Waals surface area (Å²) in [5.41, 5.74) is 7.21. The highest BCUT2D eigenvalue weighted by Crippen LogP contribution is 2.12. The van der Waals surface area contributed by atoms with E-state index in [-0.39, 0.29) is 0 Å². The summed E-state index contributed by atoms with van der Waals surface area (Å²) in [7, 11) is 0. The first kappa shape index (κ1) is 19.7. The Morgan fingerprint density at radius 2 is 1.58 bits per heavy atom. The third kappa shape index (κ3) is 5.09. The van der Waals surface area contributed by atoms with Gasteiger partial charge in [-0.2, -0.15) is 0 Å². The van der Waals surface area contributed by atoms with E-state index in [2.05, 4.69) is 96.4 Å². The molecular weight excluding hydrogens is 288 g/mol. The van der Waals surface area contributed by atoms with Crippen molar-refractivity contribution in [2.24, 2.45) is 0 Å². The molecule has 0 atom stereocenters. The van der Waals surface area contributed by atoms with Crippen molar-refractivity contribution in [3.63, 3.8) is 0 Å². The van der Waals surface area contributed by atoms with Crippen molar-refractivity contribution >= 4 is 18.7 Å². The molecule has 0 heteroatoms. The number of benzene rings is 1. The fourth-order valence-corrected chi connectivity index (χ4v) is 2.21. The van der Waals surface area contributed by atoms with E-state index in [1.807, 2.05) is 6.92 Å². The Morgan fingerprint density at radius 1 is 0.958 bits per heavy atom. The molecule has 0 N–H and O–H groups in total. The minimum atomic E-state index is 1.04. The van der Waals surface area contributed by atoms with Gasteiger partial charge in [0.15, 0.2) is 0 Å². The predicted molar refractivity (Wildman–Crippen MR) is 111 cm³/mol. The predicted octanol–water partition coefficient (Wildman–Crippen LogP) is 5.63. The summed E-state index contributed by atoms with van der Waals surface area (Å²) in [6.07, 6.45) is 12.7. The highest BCUT2D eigenvalue weighted by molar-refractivity contribution is 5.59. The topological polar surface area (TPSA) is 0 Å². The van der Waals surface area contributed by atoms with Crippen LogP contribution < -0.4 is 10.4 Å². The first-order chi connectivity index (χ1) is 11.3. The van der Waals surface area contributed by atoms with Crippen molar-refractivity contribution in [1.82, 2.24) is 0 Å². The third-order valence-electron chi connectivity index (χ3n) is 4.65. The second-order valence-electron chi connectivity index (χ2n) is 6.17. The Balaban J connectivity index is 3.23. The SMILES string of the molecule is C=C(/C=C\c1cc/c(=C/C=C(C)/C(C)=C/C)c(=C)c1C)/C(C)=C/C. The molecule has 24 heavy (non-hydrogen) atoms. The van der Waals surface area contributed by atoms with Gasteiger partial charge in [-0.1, -0.05) is 67.3 Å². The lowest BCUT2D eigenvalue weighted by Crippen LogP contribution is -2.26. The van der Waals surface area contributed by atoms with Gasteiger partial charge in [0, 0.05) is 0 Å². The summed E-state index contributed by atoms with van der Waals surface area (Å²) in [5.74, 6) is 0. The summed E-state index contributed by atoms with van der Waals surface area (Å²) >= 11 is 0. The van der Waals surface area contributed by atoms with Crippen LogP contribution in [-0.2, 0) is 0 Å². The lowest BCUT2D eigenvalue weighted by molar-refractivity contribution is 1.32. The highest BCUT2D eigenvalue weighted by Gasteiger charge is 1.97. The Labute approximate surface area is 147 Å². The summed E-state index contributed by atoms with van der Waals surface area (Å²) < 4.78 is 0. The zero-order chi connectivity index (χ0) is 18.3. The van der Waals surface area contributed by atoms with Gasteiger partial charge in [0.25, 0.3) is 0 Å². The Morgan fingerprint density at radius 3 is 2.17 bits per heavy atom. The lowest BCUT2D eigenvalue weighted by Gasteiger charge is -2.04. The molecule has 0 saturated carbocycles. The molecule has 1 rings (SSSR count). The second kappa shape index (κ2) is 9.08. The molecule has 0 spiro atoms. The van der Waals surface area contributed by atoms with Gasteiger partial charge in [0.05, 0.1) is 0 Å². The first-order valence-electron chi connectivity index (χ1n) is 8.42. The molecule has 0 aromatic heterocycles. The van der Waals surface area contributed by atoms with Crippen LogP contribution in [0.2, 0.25) is 0 Å². The molecule has 0 amide bonds. The molecule has 0 bridgehead atoms. The van der Waals surface area contributed by atoms with Crippen molar-refractivity contribution in [2.75, 3.05) is 0 Å². The summed E-state index contributed by atoms with van der Waals surface area (Å²) in [4.78, 5) is 0. The molecule has 1 aromatic rings. The van der Waals surface area contributed by atoms with E-state index in [4.69, 9.17) is 0 Å². The van der Waals surface area contributed by atoms with E-state index in [1.165, 1.54) is 27.8 Å². The minimum absolute atomic E-state index is 1.04. The van der Waals surface area contributed by atoms with Crippen molar-refractivity contribution < 1.29 is 0 Å². The smallest absolute Gasteiger partial charge is 0.0187 e. The maximum absolute atomic E-state index is 4.26. The van der Waals surface area contributed by atoms with E-state index in [1.54, 1.807) is 0 Å². The molecule has 0 fully saturated rings. The minimum Gasteiger partial charge on any atom is -0.0915 e.